The van der Waals surface area contributed by atoms with Gasteiger partial charge in [0.1, 0.15) is 23.9 Å². The van der Waals surface area contributed by atoms with Gasteiger partial charge < -0.3 is 14.6 Å². The molecule has 5 heteroatoms. The van der Waals surface area contributed by atoms with Crippen molar-refractivity contribution in [3.63, 3.8) is 0 Å². The number of methoxy groups -OCH3 is 1. The minimum atomic E-state index is -0.863. The molecule has 1 N–H and O–H groups in total. The number of nitrogens with zero attached hydrogens (tertiary/aromatic N) is 1. The summed E-state index contributed by atoms with van der Waals surface area (Å²) in [5.74, 6) is 1.29. The molecule has 1 aliphatic heterocycles. The predicted octanol–water partition coefficient (Wildman–Crippen LogP) is 3.20. The molecule has 25 heavy (non-hydrogen) atoms. The summed E-state index contributed by atoms with van der Waals surface area (Å²) >= 11 is 0. The van der Waals surface area contributed by atoms with E-state index in [1.165, 1.54) is 12.1 Å². The normalized spacial score (nSPS) is 17.2. The molecule has 4 nitrogen and oxygen atoms in total. The zero-order valence-corrected chi connectivity index (χ0v) is 14.5. The Morgan fingerprint density at radius 1 is 1.08 bits per heavy atom. The van der Waals surface area contributed by atoms with Crippen molar-refractivity contribution in [1.82, 2.24) is 4.90 Å². The van der Waals surface area contributed by atoms with Crippen molar-refractivity contribution >= 4 is 0 Å². The zero-order chi connectivity index (χ0) is 17.7. The Balaban J connectivity index is 1.46. The molecule has 0 amide bonds. The average Bonchev–Trinajstić information content (AvgIpc) is 2.64. The average molecular weight is 345 g/mol. The first-order valence-electron chi connectivity index (χ1n) is 8.57. The van der Waals surface area contributed by atoms with Gasteiger partial charge in [0.25, 0.3) is 0 Å². The van der Waals surface area contributed by atoms with Crippen LogP contribution in [0.1, 0.15) is 18.4 Å². The molecular formula is C20H24FNO3. The highest BCUT2D eigenvalue weighted by Crippen LogP contribution is 2.32. The van der Waals surface area contributed by atoms with E-state index in [2.05, 4.69) is 4.90 Å². The lowest BCUT2D eigenvalue weighted by Gasteiger charge is -2.38. The minimum absolute atomic E-state index is 0.278. The number of hydrogen-bond acceptors (Lipinski definition) is 4. The van der Waals surface area contributed by atoms with E-state index in [9.17, 15) is 9.50 Å². The molecule has 2 aromatic rings. The van der Waals surface area contributed by atoms with Gasteiger partial charge in [-0.15, -0.1) is 0 Å². The van der Waals surface area contributed by atoms with Crippen molar-refractivity contribution in [2.24, 2.45) is 0 Å². The third kappa shape index (κ3) is 4.50. The molecule has 1 heterocycles. The van der Waals surface area contributed by atoms with Crippen LogP contribution in [0, 0.1) is 5.82 Å². The Hall–Kier alpha value is -2.11. The first-order chi connectivity index (χ1) is 12.1. The fourth-order valence-corrected chi connectivity index (χ4v) is 3.18. The van der Waals surface area contributed by atoms with Gasteiger partial charge >= 0.3 is 0 Å². The highest BCUT2D eigenvalue weighted by Gasteiger charge is 2.33. The lowest BCUT2D eigenvalue weighted by atomic mass is 9.84. The molecule has 0 aromatic heterocycles. The molecular weight excluding hydrogens is 321 g/mol. The minimum Gasteiger partial charge on any atom is -0.497 e. The van der Waals surface area contributed by atoms with Crippen LogP contribution in [0.5, 0.6) is 11.5 Å². The van der Waals surface area contributed by atoms with E-state index in [0.717, 1.165) is 36.7 Å². The molecule has 0 radical (unpaired) electrons. The van der Waals surface area contributed by atoms with Gasteiger partial charge in [0.05, 0.1) is 12.7 Å². The number of hydrogen-bond donors (Lipinski definition) is 1. The summed E-state index contributed by atoms with van der Waals surface area (Å²) in [5, 5.41) is 10.8. The van der Waals surface area contributed by atoms with Crippen molar-refractivity contribution in [2.75, 3.05) is 33.4 Å². The number of benzene rings is 2. The molecule has 1 fully saturated rings. The monoisotopic (exact) mass is 345 g/mol. The molecule has 2 aromatic carbocycles. The van der Waals surface area contributed by atoms with E-state index in [1.807, 2.05) is 24.3 Å². The molecule has 1 aliphatic rings. The summed E-state index contributed by atoms with van der Waals surface area (Å²) in [5.41, 5.74) is -0.0705. The number of aliphatic hydroxyl groups is 1. The lowest BCUT2D eigenvalue weighted by molar-refractivity contribution is -0.0278. The van der Waals surface area contributed by atoms with E-state index in [0.29, 0.717) is 19.4 Å². The van der Waals surface area contributed by atoms with E-state index in [1.54, 1.807) is 19.2 Å². The number of halogens is 1. The third-order valence-electron chi connectivity index (χ3n) is 4.78. The van der Waals surface area contributed by atoms with Gasteiger partial charge in [0.15, 0.2) is 0 Å². The Bertz CT molecular complexity index is 682. The van der Waals surface area contributed by atoms with Crippen molar-refractivity contribution < 1.29 is 19.0 Å². The first kappa shape index (κ1) is 17.7. The molecule has 0 bridgehead atoms. The molecule has 134 valence electrons. The maximum absolute atomic E-state index is 13.1. The van der Waals surface area contributed by atoms with Gasteiger partial charge in [-0.1, -0.05) is 18.2 Å². The van der Waals surface area contributed by atoms with Crippen LogP contribution in [0.25, 0.3) is 0 Å². The van der Waals surface area contributed by atoms with Gasteiger partial charge in [0, 0.05) is 25.7 Å². The van der Waals surface area contributed by atoms with Gasteiger partial charge in [0.2, 0.25) is 0 Å². The number of ether oxygens (including phenoxy) is 2. The highest BCUT2D eigenvalue weighted by atomic mass is 19.1. The Labute approximate surface area is 147 Å². The standard InChI is InChI=1S/C20H24FNO3/c1-24-18-3-2-4-19(15-18)25-14-13-22-11-9-20(23,10-12-22)16-5-7-17(21)8-6-16/h2-8,15,23H,9-14H2,1H3. The Morgan fingerprint density at radius 3 is 2.44 bits per heavy atom. The fourth-order valence-electron chi connectivity index (χ4n) is 3.18. The molecule has 1 saturated heterocycles. The van der Waals surface area contributed by atoms with Gasteiger partial charge in [-0.2, -0.15) is 0 Å². The summed E-state index contributed by atoms with van der Waals surface area (Å²) in [6.07, 6.45) is 1.27. The van der Waals surface area contributed by atoms with Crippen LogP contribution in [0.4, 0.5) is 4.39 Å². The van der Waals surface area contributed by atoms with Crippen molar-refractivity contribution in [2.45, 2.75) is 18.4 Å². The SMILES string of the molecule is COc1cccc(OCCN2CCC(O)(c3ccc(F)cc3)CC2)c1. The maximum atomic E-state index is 13.1. The molecule has 0 unspecified atom stereocenters. The summed E-state index contributed by atoms with van der Waals surface area (Å²) in [4.78, 5) is 2.28. The van der Waals surface area contributed by atoms with E-state index in [4.69, 9.17) is 9.47 Å². The van der Waals surface area contributed by atoms with Gasteiger partial charge in [-0.25, -0.2) is 4.39 Å². The summed E-state index contributed by atoms with van der Waals surface area (Å²) < 4.78 is 24.0. The Kier molecular flexibility index (Phi) is 5.56. The number of piperidine rings is 1. The third-order valence-corrected chi connectivity index (χ3v) is 4.78. The topological polar surface area (TPSA) is 41.9 Å². The zero-order valence-electron chi connectivity index (χ0n) is 14.5. The van der Waals surface area contributed by atoms with Gasteiger partial charge in [-0.3, -0.25) is 4.90 Å². The maximum Gasteiger partial charge on any atom is 0.123 e. The van der Waals surface area contributed by atoms with Crippen LogP contribution in [-0.2, 0) is 5.60 Å². The fraction of sp³-hybridized carbons (Fsp3) is 0.400. The Morgan fingerprint density at radius 2 is 1.76 bits per heavy atom. The van der Waals surface area contributed by atoms with Crippen LogP contribution in [0.2, 0.25) is 0 Å². The van der Waals surface area contributed by atoms with E-state index < -0.39 is 5.60 Å². The van der Waals surface area contributed by atoms with Crippen molar-refractivity contribution in [1.29, 1.82) is 0 Å². The lowest BCUT2D eigenvalue weighted by Crippen LogP contribution is -2.43. The van der Waals surface area contributed by atoms with Crippen molar-refractivity contribution in [3.8, 4) is 11.5 Å². The number of rotatable bonds is 6. The van der Waals surface area contributed by atoms with Crippen LogP contribution < -0.4 is 9.47 Å². The molecule has 3 rings (SSSR count). The van der Waals surface area contributed by atoms with Crippen LogP contribution in [0.3, 0.4) is 0 Å². The van der Waals surface area contributed by atoms with Gasteiger partial charge in [-0.05, 0) is 42.7 Å². The quantitative estimate of drug-likeness (QED) is 0.873. The second-order valence-corrected chi connectivity index (χ2v) is 6.41. The van der Waals surface area contributed by atoms with E-state index >= 15 is 0 Å². The second kappa shape index (κ2) is 7.85. The predicted molar refractivity (Wildman–Crippen MR) is 94.5 cm³/mol. The van der Waals surface area contributed by atoms with Crippen LogP contribution in [0.15, 0.2) is 48.5 Å². The summed E-state index contributed by atoms with van der Waals surface area (Å²) in [6.45, 7) is 2.96. The molecule has 0 atom stereocenters. The number of likely N-dealkylation sites (tertiary alicyclic amines) is 1. The smallest absolute Gasteiger partial charge is 0.123 e. The molecule has 0 aliphatic carbocycles. The molecule has 0 spiro atoms. The highest BCUT2D eigenvalue weighted by molar-refractivity contribution is 5.32. The second-order valence-electron chi connectivity index (χ2n) is 6.41. The van der Waals surface area contributed by atoms with Crippen molar-refractivity contribution in [3.05, 3.63) is 59.9 Å². The van der Waals surface area contributed by atoms with Crippen LogP contribution in [-0.4, -0.2) is 43.4 Å². The first-order valence-corrected chi connectivity index (χ1v) is 8.57. The largest absolute Gasteiger partial charge is 0.497 e. The van der Waals surface area contributed by atoms with Crippen LogP contribution >= 0.6 is 0 Å². The van der Waals surface area contributed by atoms with E-state index in [-0.39, 0.29) is 5.82 Å². The summed E-state index contributed by atoms with van der Waals surface area (Å²) in [7, 11) is 1.63. The summed E-state index contributed by atoms with van der Waals surface area (Å²) in [6, 6.07) is 13.7. The molecule has 0 saturated carbocycles.